The molecule has 0 bridgehead atoms. The molecule has 0 radical (unpaired) electrons. The van der Waals surface area contributed by atoms with Crippen LogP contribution in [0.25, 0.3) is 10.4 Å². The van der Waals surface area contributed by atoms with Crippen molar-refractivity contribution >= 4 is 29.2 Å². The van der Waals surface area contributed by atoms with Gasteiger partial charge in [0.25, 0.3) is 5.91 Å². The van der Waals surface area contributed by atoms with Gasteiger partial charge in [0, 0.05) is 15.8 Å². The van der Waals surface area contributed by atoms with Crippen molar-refractivity contribution in [2.24, 2.45) is 0 Å². The van der Waals surface area contributed by atoms with E-state index in [1.165, 1.54) is 22.5 Å². The Kier molecular flexibility index (Phi) is 7.08. The van der Waals surface area contributed by atoms with E-state index in [-0.39, 0.29) is 5.91 Å². The molecule has 1 amide bonds. The standard InChI is InChI=1S/C21H19NO2S.C2H6/c1-13-4-7-16(8-5-13)21(24)22-19-12-25-20(18(19)11-23)17-9-6-14(2)15(3)10-17;1-2/h4-12H,1-3H3,(H,22,24);1-2H3. The summed E-state index contributed by atoms with van der Waals surface area (Å²) in [5, 5.41) is 4.67. The van der Waals surface area contributed by atoms with Crippen molar-refractivity contribution in [2.75, 3.05) is 5.32 Å². The fourth-order valence-corrected chi connectivity index (χ4v) is 3.56. The van der Waals surface area contributed by atoms with E-state index in [9.17, 15) is 9.59 Å². The van der Waals surface area contributed by atoms with Crippen molar-refractivity contribution in [2.45, 2.75) is 34.6 Å². The topological polar surface area (TPSA) is 46.2 Å². The van der Waals surface area contributed by atoms with Crippen LogP contribution in [0.1, 0.15) is 51.3 Å². The van der Waals surface area contributed by atoms with Gasteiger partial charge in [0.2, 0.25) is 0 Å². The van der Waals surface area contributed by atoms with E-state index >= 15 is 0 Å². The zero-order valence-corrected chi connectivity index (χ0v) is 17.2. The van der Waals surface area contributed by atoms with E-state index in [1.54, 1.807) is 12.1 Å². The zero-order chi connectivity index (χ0) is 20.0. The predicted molar refractivity (Wildman–Crippen MR) is 115 cm³/mol. The molecule has 3 aromatic rings. The van der Waals surface area contributed by atoms with E-state index in [0.29, 0.717) is 16.8 Å². The minimum Gasteiger partial charge on any atom is -0.321 e. The van der Waals surface area contributed by atoms with Crippen LogP contribution < -0.4 is 5.32 Å². The van der Waals surface area contributed by atoms with Gasteiger partial charge in [-0.2, -0.15) is 0 Å². The Hall–Kier alpha value is -2.72. The van der Waals surface area contributed by atoms with Crippen LogP contribution in [0.5, 0.6) is 0 Å². The highest BCUT2D eigenvalue weighted by molar-refractivity contribution is 7.14. The molecule has 0 fully saturated rings. The average Bonchev–Trinajstić information content (AvgIpc) is 3.08. The second kappa shape index (κ2) is 9.28. The summed E-state index contributed by atoms with van der Waals surface area (Å²) in [6.07, 6.45) is 0.811. The van der Waals surface area contributed by atoms with E-state index in [0.717, 1.165) is 22.3 Å². The van der Waals surface area contributed by atoms with Crippen LogP contribution in [-0.2, 0) is 0 Å². The molecule has 1 aromatic heterocycles. The molecular formula is C23H25NO2S. The summed E-state index contributed by atoms with van der Waals surface area (Å²) < 4.78 is 0. The van der Waals surface area contributed by atoms with Crippen molar-refractivity contribution in [3.8, 4) is 10.4 Å². The largest absolute Gasteiger partial charge is 0.321 e. The molecule has 140 valence electrons. The fourth-order valence-electron chi connectivity index (χ4n) is 2.59. The quantitative estimate of drug-likeness (QED) is 0.531. The Bertz CT molecular complexity index is 940. The van der Waals surface area contributed by atoms with Crippen LogP contribution in [0, 0.1) is 20.8 Å². The summed E-state index contributed by atoms with van der Waals surface area (Å²) in [5.74, 6) is -0.215. The van der Waals surface area contributed by atoms with Crippen LogP contribution in [0.2, 0.25) is 0 Å². The van der Waals surface area contributed by atoms with Gasteiger partial charge in [-0.1, -0.05) is 49.7 Å². The molecular weight excluding hydrogens is 354 g/mol. The van der Waals surface area contributed by atoms with Crippen LogP contribution in [-0.4, -0.2) is 12.2 Å². The Morgan fingerprint density at radius 3 is 2.22 bits per heavy atom. The van der Waals surface area contributed by atoms with Crippen LogP contribution in [0.15, 0.2) is 47.8 Å². The summed E-state index contributed by atoms with van der Waals surface area (Å²) in [6.45, 7) is 10.1. The van der Waals surface area contributed by atoms with Crippen LogP contribution in [0.3, 0.4) is 0 Å². The van der Waals surface area contributed by atoms with E-state index < -0.39 is 0 Å². The van der Waals surface area contributed by atoms with E-state index in [1.807, 2.05) is 57.3 Å². The maximum absolute atomic E-state index is 12.4. The SMILES string of the molecule is CC.Cc1ccc(C(=O)Nc2csc(-c3ccc(C)c(C)c3)c2C=O)cc1. The van der Waals surface area contributed by atoms with Gasteiger partial charge in [-0.15, -0.1) is 11.3 Å². The number of nitrogens with one attached hydrogen (secondary N) is 1. The molecule has 27 heavy (non-hydrogen) atoms. The minimum atomic E-state index is -0.215. The van der Waals surface area contributed by atoms with Gasteiger partial charge in [-0.25, -0.2) is 0 Å². The summed E-state index contributed by atoms with van der Waals surface area (Å²) >= 11 is 1.46. The maximum Gasteiger partial charge on any atom is 0.255 e. The molecule has 4 heteroatoms. The molecule has 0 saturated carbocycles. The lowest BCUT2D eigenvalue weighted by Crippen LogP contribution is -2.12. The first-order valence-electron chi connectivity index (χ1n) is 9.02. The summed E-state index contributed by atoms with van der Waals surface area (Å²) in [4.78, 5) is 24.9. The molecule has 3 nitrogen and oxygen atoms in total. The molecule has 0 spiro atoms. The number of carbonyl (C=O) groups is 2. The lowest BCUT2D eigenvalue weighted by atomic mass is 10.0. The number of amides is 1. The normalized spacial score (nSPS) is 9.96. The first-order chi connectivity index (χ1) is 13.0. The summed E-state index contributed by atoms with van der Waals surface area (Å²) in [6, 6.07) is 13.5. The third-order valence-electron chi connectivity index (χ3n) is 4.28. The van der Waals surface area contributed by atoms with Gasteiger partial charge < -0.3 is 5.32 Å². The molecule has 0 atom stereocenters. The van der Waals surface area contributed by atoms with Gasteiger partial charge in [0.05, 0.1) is 11.3 Å². The average molecular weight is 380 g/mol. The van der Waals surface area contributed by atoms with Gasteiger partial charge in [0.15, 0.2) is 6.29 Å². The summed E-state index contributed by atoms with van der Waals surface area (Å²) in [5.41, 5.74) is 6.12. The molecule has 0 saturated heterocycles. The number of rotatable bonds is 4. The van der Waals surface area contributed by atoms with Crippen molar-refractivity contribution in [3.63, 3.8) is 0 Å². The predicted octanol–water partition coefficient (Wildman–Crippen LogP) is 6.43. The molecule has 3 rings (SSSR count). The third kappa shape index (κ3) is 4.72. The van der Waals surface area contributed by atoms with Crippen LogP contribution >= 0.6 is 11.3 Å². The Labute approximate surface area is 165 Å². The van der Waals surface area contributed by atoms with E-state index in [4.69, 9.17) is 0 Å². The zero-order valence-electron chi connectivity index (χ0n) is 16.4. The monoisotopic (exact) mass is 379 g/mol. The van der Waals surface area contributed by atoms with E-state index in [2.05, 4.69) is 18.3 Å². The first kappa shape index (κ1) is 20.6. The molecule has 0 aliphatic carbocycles. The molecule has 0 aliphatic rings. The molecule has 2 aromatic carbocycles. The smallest absolute Gasteiger partial charge is 0.255 e. The molecule has 0 unspecified atom stereocenters. The van der Waals surface area contributed by atoms with Crippen molar-refractivity contribution in [1.29, 1.82) is 0 Å². The number of hydrogen-bond donors (Lipinski definition) is 1. The Morgan fingerprint density at radius 1 is 0.963 bits per heavy atom. The Balaban J connectivity index is 0.00000126. The van der Waals surface area contributed by atoms with Crippen molar-refractivity contribution in [1.82, 2.24) is 0 Å². The number of hydrogen-bond acceptors (Lipinski definition) is 3. The minimum absolute atomic E-state index is 0.215. The molecule has 1 heterocycles. The van der Waals surface area contributed by atoms with Gasteiger partial charge in [-0.3, -0.25) is 9.59 Å². The van der Waals surface area contributed by atoms with Gasteiger partial charge in [-0.05, 0) is 49.6 Å². The number of thiophene rings is 1. The second-order valence-electron chi connectivity index (χ2n) is 6.13. The highest BCUT2D eigenvalue weighted by Crippen LogP contribution is 2.35. The van der Waals surface area contributed by atoms with Crippen molar-refractivity contribution in [3.05, 3.63) is 75.7 Å². The number of benzene rings is 2. The number of aldehydes is 1. The molecule has 1 N–H and O–H groups in total. The highest BCUT2D eigenvalue weighted by Gasteiger charge is 2.16. The number of anilines is 1. The van der Waals surface area contributed by atoms with Gasteiger partial charge >= 0.3 is 0 Å². The first-order valence-corrected chi connectivity index (χ1v) is 9.90. The third-order valence-corrected chi connectivity index (χ3v) is 5.32. The lowest BCUT2D eigenvalue weighted by Gasteiger charge is -2.07. The maximum atomic E-state index is 12.4. The lowest BCUT2D eigenvalue weighted by molar-refractivity contribution is 0.102. The Morgan fingerprint density at radius 2 is 1.63 bits per heavy atom. The second-order valence-corrected chi connectivity index (χ2v) is 7.01. The number of aryl methyl sites for hydroxylation is 3. The number of carbonyl (C=O) groups excluding carboxylic acids is 2. The van der Waals surface area contributed by atoms with Crippen molar-refractivity contribution < 1.29 is 9.59 Å². The summed E-state index contributed by atoms with van der Waals surface area (Å²) in [7, 11) is 0. The highest BCUT2D eigenvalue weighted by atomic mass is 32.1. The molecule has 0 aliphatic heterocycles. The van der Waals surface area contributed by atoms with Crippen LogP contribution in [0.4, 0.5) is 5.69 Å². The van der Waals surface area contributed by atoms with Gasteiger partial charge in [0.1, 0.15) is 0 Å². The fraction of sp³-hybridized carbons (Fsp3) is 0.217.